The summed E-state index contributed by atoms with van der Waals surface area (Å²) in [6, 6.07) is 4.50. The Morgan fingerprint density at radius 2 is 1.42 bits per heavy atom. The third-order valence-electron chi connectivity index (χ3n) is 3.40. The standard InChI is InChI=1S/C16H20OS2/c1-9(17)6-16(14-7-10(2)18-12(14)4)15-8-11(3)19-13(15)5/h7-8,16H,6H2,1-5H3. The minimum atomic E-state index is 0.229. The van der Waals surface area contributed by atoms with Crippen LogP contribution in [0.5, 0.6) is 0 Å². The van der Waals surface area contributed by atoms with Gasteiger partial charge in [-0.1, -0.05) is 0 Å². The maximum absolute atomic E-state index is 11.6. The summed E-state index contributed by atoms with van der Waals surface area (Å²) in [5.41, 5.74) is 2.66. The fourth-order valence-corrected chi connectivity index (χ4v) is 4.64. The molecule has 2 rings (SSSR count). The Hall–Kier alpha value is -0.930. The molecule has 0 spiro atoms. The van der Waals surface area contributed by atoms with Crippen LogP contribution in [-0.4, -0.2) is 5.78 Å². The van der Waals surface area contributed by atoms with E-state index in [0.717, 1.165) is 0 Å². The molecule has 0 atom stereocenters. The third kappa shape index (κ3) is 3.15. The van der Waals surface area contributed by atoms with Crippen LogP contribution in [0.2, 0.25) is 0 Å². The number of carbonyl (C=O) groups excluding carboxylic acids is 1. The van der Waals surface area contributed by atoms with Gasteiger partial charge >= 0.3 is 0 Å². The first-order valence-electron chi connectivity index (χ1n) is 6.51. The molecule has 102 valence electrons. The molecular weight excluding hydrogens is 272 g/mol. The van der Waals surface area contributed by atoms with E-state index >= 15 is 0 Å². The third-order valence-corrected chi connectivity index (χ3v) is 5.36. The van der Waals surface area contributed by atoms with Gasteiger partial charge in [-0.2, -0.15) is 0 Å². The minimum absolute atomic E-state index is 0.229. The van der Waals surface area contributed by atoms with Crippen molar-refractivity contribution in [3.8, 4) is 0 Å². The van der Waals surface area contributed by atoms with Crippen LogP contribution in [0, 0.1) is 27.7 Å². The van der Waals surface area contributed by atoms with Gasteiger partial charge < -0.3 is 0 Å². The van der Waals surface area contributed by atoms with Gasteiger partial charge in [0, 0.05) is 31.8 Å². The first-order valence-corrected chi connectivity index (χ1v) is 8.15. The zero-order chi connectivity index (χ0) is 14.2. The van der Waals surface area contributed by atoms with Crippen LogP contribution in [0.3, 0.4) is 0 Å². The van der Waals surface area contributed by atoms with Crippen LogP contribution in [0.25, 0.3) is 0 Å². The van der Waals surface area contributed by atoms with E-state index in [1.165, 1.54) is 30.6 Å². The smallest absolute Gasteiger partial charge is 0.130 e. The number of carbonyl (C=O) groups is 1. The summed E-state index contributed by atoms with van der Waals surface area (Å²) in [5, 5.41) is 0. The van der Waals surface area contributed by atoms with E-state index in [9.17, 15) is 4.79 Å². The van der Waals surface area contributed by atoms with E-state index in [4.69, 9.17) is 0 Å². The second-order valence-electron chi connectivity index (χ2n) is 5.20. The lowest BCUT2D eigenvalue weighted by Crippen LogP contribution is -2.06. The Balaban J connectivity index is 2.50. The van der Waals surface area contributed by atoms with E-state index in [2.05, 4.69) is 39.8 Å². The van der Waals surface area contributed by atoms with Gasteiger partial charge in [-0.25, -0.2) is 0 Å². The van der Waals surface area contributed by atoms with Crippen molar-refractivity contribution in [1.29, 1.82) is 0 Å². The van der Waals surface area contributed by atoms with Gasteiger partial charge in [0.1, 0.15) is 5.78 Å². The number of aryl methyl sites for hydroxylation is 4. The van der Waals surface area contributed by atoms with Crippen molar-refractivity contribution in [3.63, 3.8) is 0 Å². The number of rotatable bonds is 4. The number of Topliss-reactive ketones (excluding diaryl/α,β-unsaturated/α-hetero) is 1. The second kappa shape index (κ2) is 5.59. The fourth-order valence-electron chi connectivity index (χ4n) is 2.67. The molecule has 0 aliphatic carbocycles. The molecule has 0 amide bonds. The zero-order valence-electron chi connectivity index (χ0n) is 12.2. The fraction of sp³-hybridized carbons (Fsp3) is 0.438. The topological polar surface area (TPSA) is 17.1 Å². The van der Waals surface area contributed by atoms with Gasteiger partial charge in [-0.3, -0.25) is 4.79 Å². The van der Waals surface area contributed by atoms with Crippen molar-refractivity contribution in [2.24, 2.45) is 0 Å². The molecule has 2 heterocycles. The highest BCUT2D eigenvalue weighted by Gasteiger charge is 2.22. The summed E-state index contributed by atoms with van der Waals surface area (Å²) in [6.45, 7) is 10.3. The number of thiophene rings is 2. The summed E-state index contributed by atoms with van der Waals surface area (Å²) in [6.07, 6.45) is 0.605. The first kappa shape index (κ1) is 14.5. The number of hydrogen-bond acceptors (Lipinski definition) is 3. The maximum Gasteiger partial charge on any atom is 0.130 e. The van der Waals surface area contributed by atoms with Crippen molar-refractivity contribution in [3.05, 3.63) is 42.8 Å². The van der Waals surface area contributed by atoms with Crippen molar-refractivity contribution in [1.82, 2.24) is 0 Å². The highest BCUT2D eigenvalue weighted by atomic mass is 32.1. The van der Waals surface area contributed by atoms with E-state index in [1.54, 1.807) is 6.92 Å². The van der Waals surface area contributed by atoms with Gasteiger partial charge in [0.25, 0.3) is 0 Å². The summed E-state index contributed by atoms with van der Waals surface area (Å²) in [5.74, 6) is 0.490. The maximum atomic E-state index is 11.6. The molecule has 0 bridgehead atoms. The quantitative estimate of drug-likeness (QED) is 0.761. The van der Waals surface area contributed by atoms with E-state index in [1.807, 2.05) is 22.7 Å². The lowest BCUT2D eigenvalue weighted by atomic mass is 9.87. The average Bonchev–Trinajstić information content (AvgIpc) is 2.78. The molecule has 0 saturated carbocycles. The Kier molecular flexibility index (Phi) is 4.26. The zero-order valence-corrected chi connectivity index (χ0v) is 13.8. The number of ketones is 1. The van der Waals surface area contributed by atoms with E-state index in [-0.39, 0.29) is 11.7 Å². The van der Waals surface area contributed by atoms with Gasteiger partial charge in [0.05, 0.1) is 0 Å². The molecule has 1 nitrogen and oxygen atoms in total. The molecule has 0 aliphatic rings. The normalized spacial score (nSPS) is 11.3. The molecule has 0 fully saturated rings. The van der Waals surface area contributed by atoms with Gasteiger partial charge in [-0.05, 0) is 57.9 Å². The Labute approximate surface area is 123 Å². The first-order chi connectivity index (χ1) is 8.88. The predicted octanol–water partition coefficient (Wildman–Crippen LogP) is 5.15. The molecule has 0 saturated heterocycles. The molecule has 2 aromatic heterocycles. The van der Waals surface area contributed by atoms with Crippen molar-refractivity contribution < 1.29 is 4.79 Å². The monoisotopic (exact) mass is 292 g/mol. The van der Waals surface area contributed by atoms with E-state index in [0.29, 0.717) is 6.42 Å². The van der Waals surface area contributed by atoms with Crippen LogP contribution in [0.1, 0.15) is 49.9 Å². The summed E-state index contributed by atoms with van der Waals surface area (Å²) < 4.78 is 0. The van der Waals surface area contributed by atoms with Gasteiger partial charge in [0.15, 0.2) is 0 Å². The highest BCUT2D eigenvalue weighted by Crippen LogP contribution is 2.38. The lowest BCUT2D eigenvalue weighted by Gasteiger charge is -2.16. The van der Waals surface area contributed by atoms with Crippen LogP contribution >= 0.6 is 22.7 Å². The van der Waals surface area contributed by atoms with Crippen LogP contribution in [-0.2, 0) is 4.79 Å². The van der Waals surface area contributed by atoms with Gasteiger partial charge in [0.2, 0.25) is 0 Å². The molecule has 0 aromatic carbocycles. The SMILES string of the molecule is CC(=O)CC(c1cc(C)sc1C)c1cc(C)sc1C. The summed E-state index contributed by atoms with van der Waals surface area (Å²) >= 11 is 3.65. The summed E-state index contributed by atoms with van der Waals surface area (Å²) in [7, 11) is 0. The molecule has 0 aliphatic heterocycles. The highest BCUT2D eigenvalue weighted by molar-refractivity contribution is 7.12. The summed E-state index contributed by atoms with van der Waals surface area (Å²) in [4.78, 5) is 17.0. The molecule has 0 N–H and O–H groups in total. The van der Waals surface area contributed by atoms with Gasteiger partial charge in [-0.15, -0.1) is 22.7 Å². The number of hydrogen-bond donors (Lipinski definition) is 0. The molecule has 0 unspecified atom stereocenters. The van der Waals surface area contributed by atoms with E-state index < -0.39 is 0 Å². The van der Waals surface area contributed by atoms with Crippen molar-refractivity contribution in [2.75, 3.05) is 0 Å². The van der Waals surface area contributed by atoms with Crippen LogP contribution < -0.4 is 0 Å². The molecular formula is C16H20OS2. The van der Waals surface area contributed by atoms with Crippen LogP contribution in [0.4, 0.5) is 0 Å². The molecule has 2 aromatic rings. The molecule has 3 heteroatoms. The van der Waals surface area contributed by atoms with Crippen molar-refractivity contribution >= 4 is 28.5 Å². The van der Waals surface area contributed by atoms with Crippen molar-refractivity contribution in [2.45, 2.75) is 47.0 Å². The van der Waals surface area contributed by atoms with Crippen LogP contribution in [0.15, 0.2) is 12.1 Å². The Morgan fingerprint density at radius 3 is 1.68 bits per heavy atom. The average molecular weight is 292 g/mol. The second-order valence-corrected chi connectivity index (χ2v) is 8.12. The Bertz CT molecular complexity index is 558. The largest absolute Gasteiger partial charge is 0.300 e. The lowest BCUT2D eigenvalue weighted by molar-refractivity contribution is -0.117. The molecule has 19 heavy (non-hydrogen) atoms. The predicted molar refractivity (Wildman–Crippen MR) is 84.7 cm³/mol. The molecule has 0 radical (unpaired) electrons. The minimum Gasteiger partial charge on any atom is -0.300 e. The Morgan fingerprint density at radius 1 is 1.00 bits per heavy atom.